The fourth-order valence-electron chi connectivity index (χ4n) is 1.33. The molecule has 80 valence electrons. The molecule has 1 fully saturated rings. The summed E-state index contributed by atoms with van der Waals surface area (Å²) in [5.74, 6) is -0.443. The first-order valence-electron chi connectivity index (χ1n) is 4.75. The quantitative estimate of drug-likeness (QED) is 0.509. The van der Waals surface area contributed by atoms with Crippen molar-refractivity contribution in [3.05, 3.63) is 0 Å². The summed E-state index contributed by atoms with van der Waals surface area (Å²) in [6.45, 7) is 3.83. The number of nitrogens with one attached hydrogen (secondary N) is 2. The summed E-state index contributed by atoms with van der Waals surface area (Å²) in [4.78, 5) is 22.0. The van der Waals surface area contributed by atoms with Gasteiger partial charge in [-0.3, -0.25) is 14.9 Å². The van der Waals surface area contributed by atoms with Crippen molar-refractivity contribution in [2.75, 3.05) is 6.61 Å². The van der Waals surface area contributed by atoms with Gasteiger partial charge in [-0.25, -0.2) is 0 Å². The number of imide groups is 1. The number of aliphatic hydroxyl groups excluding tert-OH is 1. The van der Waals surface area contributed by atoms with E-state index in [1.54, 1.807) is 0 Å². The highest BCUT2D eigenvalue weighted by atomic mass is 16.3. The van der Waals surface area contributed by atoms with E-state index in [0.29, 0.717) is 0 Å². The van der Waals surface area contributed by atoms with Crippen molar-refractivity contribution in [1.29, 1.82) is 0 Å². The van der Waals surface area contributed by atoms with Crippen LogP contribution in [0, 0.1) is 5.92 Å². The number of rotatable bonds is 4. The maximum absolute atomic E-state index is 11.2. The van der Waals surface area contributed by atoms with Gasteiger partial charge in [-0.2, -0.15) is 0 Å². The van der Waals surface area contributed by atoms with Crippen LogP contribution < -0.4 is 10.6 Å². The average molecular weight is 200 g/mol. The summed E-state index contributed by atoms with van der Waals surface area (Å²) in [5, 5.41) is 14.1. The van der Waals surface area contributed by atoms with Gasteiger partial charge < -0.3 is 10.4 Å². The van der Waals surface area contributed by atoms with E-state index in [0.717, 1.165) is 0 Å². The monoisotopic (exact) mass is 200 g/mol. The summed E-state index contributed by atoms with van der Waals surface area (Å²) in [6, 6.07) is -0.423. The molecule has 0 bridgehead atoms. The predicted octanol–water partition coefficient (Wildman–Crippen LogP) is -0.992. The van der Waals surface area contributed by atoms with Crippen molar-refractivity contribution in [3.63, 3.8) is 0 Å². The fourth-order valence-corrected chi connectivity index (χ4v) is 1.33. The summed E-state index contributed by atoms with van der Waals surface area (Å²) in [6.07, 6.45) is 0.196. The lowest BCUT2D eigenvalue weighted by Crippen LogP contribution is -2.44. The van der Waals surface area contributed by atoms with Gasteiger partial charge in [0.25, 0.3) is 0 Å². The number of carbonyl (C=O) groups is 2. The van der Waals surface area contributed by atoms with Gasteiger partial charge in [0.15, 0.2) is 0 Å². The van der Waals surface area contributed by atoms with Crippen LogP contribution in [0.15, 0.2) is 0 Å². The zero-order valence-electron chi connectivity index (χ0n) is 8.41. The minimum Gasteiger partial charge on any atom is -0.396 e. The molecule has 3 N–H and O–H groups in total. The molecule has 2 amide bonds. The maximum Gasteiger partial charge on any atom is 0.244 e. The van der Waals surface area contributed by atoms with E-state index in [1.165, 1.54) is 0 Å². The Kier molecular flexibility index (Phi) is 3.60. The Hall–Kier alpha value is -0.940. The molecule has 0 aromatic carbocycles. The highest BCUT2D eigenvalue weighted by Crippen LogP contribution is 2.07. The van der Waals surface area contributed by atoms with E-state index in [4.69, 9.17) is 5.11 Å². The second kappa shape index (κ2) is 4.52. The first kappa shape index (κ1) is 11.1. The van der Waals surface area contributed by atoms with Crippen LogP contribution in [0.3, 0.4) is 0 Å². The number of hydrogen-bond acceptors (Lipinski definition) is 4. The van der Waals surface area contributed by atoms with E-state index in [1.807, 2.05) is 13.8 Å². The Balaban J connectivity index is 2.44. The van der Waals surface area contributed by atoms with Crippen LogP contribution in [-0.4, -0.2) is 35.6 Å². The van der Waals surface area contributed by atoms with Crippen LogP contribution in [0.5, 0.6) is 0 Å². The first-order chi connectivity index (χ1) is 6.54. The van der Waals surface area contributed by atoms with E-state index in [-0.39, 0.29) is 36.8 Å². The van der Waals surface area contributed by atoms with Crippen LogP contribution in [-0.2, 0) is 9.59 Å². The molecule has 0 radical (unpaired) electrons. The van der Waals surface area contributed by atoms with Crippen LogP contribution in [0.2, 0.25) is 0 Å². The lowest BCUT2D eigenvalue weighted by atomic mass is 10.0. The summed E-state index contributed by atoms with van der Waals surface area (Å²) in [7, 11) is 0. The topological polar surface area (TPSA) is 78.4 Å². The Bertz CT molecular complexity index is 242. The Morgan fingerprint density at radius 1 is 1.57 bits per heavy atom. The second-order valence-corrected chi connectivity index (χ2v) is 3.78. The molecule has 1 saturated heterocycles. The molecule has 5 nitrogen and oxygen atoms in total. The smallest absolute Gasteiger partial charge is 0.244 e. The highest BCUT2D eigenvalue weighted by Gasteiger charge is 2.31. The minimum atomic E-state index is -0.438. The zero-order chi connectivity index (χ0) is 10.7. The molecule has 5 heteroatoms. The predicted molar refractivity (Wildman–Crippen MR) is 50.4 cm³/mol. The van der Waals surface area contributed by atoms with Gasteiger partial charge >= 0.3 is 0 Å². The van der Waals surface area contributed by atoms with Crippen LogP contribution in [0.4, 0.5) is 0 Å². The van der Waals surface area contributed by atoms with Crippen LogP contribution in [0.1, 0.15) is 20.3 Å². The fraction of sp³-hybridized carbons (Fsp3) is 0.778. The van der Waals surface area contributed by atoms with E-state index in [9.17, 15) is 9.59 Å². The van der Waals surface area contributed by atoms with Crippen molar-refractivity contribution in [2.24, 2.45) is 5.92 Å². The second-order valence-electron chi connectivity index (χ2n) is 3.78. The molecule has 14 heavy (non-hydrogen) atoms. The largest absolute Gasteiger partial charge is 0.396 e. The molecule has 0 aliphatic carbocycles. The molecular formula is C9H16N2O3. The van der Waals surface area contributed by atoms with Crippen LogP contribution >= 0.6 is 0 Å². The van der Waals surface area contributed by atoms with E-state index < -0.39 is 6.04 Å². The summed E-state index contributed by atoms with van der Waals surface area (Å²) < 4.78 is 0. The molecule has 3 unspecified atom stereocenters. The first-order valence-corrected chi connectivity index (χ1v) is 4.75. The molecule has 1 aliphatic heterocycles. The molecule has 1 aliphatic rings. The molecule has 0 aromatic heterocycles. The molecule has 1 rings (SSSR count). The van der Waals surface area contributed by atoms with Gasteiger partial charge in [-0.15, -0.1) is 0 Å². The number of hydrogen-bond donors (Lipinski definition) is 3. The van der Waals surface area contributed by atoms with Gasteiger partial charge in [0.05, 0.1) is 12.5 Å². The SMILES string of the molecule is CC(CO)C(C)NC1CC(=O)NC1=O. The standard InChI is InChI=1S/C9H16N2O3/c1-5(4-12)6(2)10-7-3-8(13)11-9(7)14/h5-7,10,12H,3-4H2,1-2H3,(H,11,13,14). The molecule has 1 heterocycles. The Labute approximate surface area is 82.9 Å². The van der Waals surface area contributed by atoms with Gasteiger partial charge in [0.2, 0.25) is 11.8 Å². The molecule has 0 aromatic rings. The number of amides is 2. The lowest BCUT2D eigenvalue weighted by molar-refractivity contribution is -0.125. The third-order valence-electron chi connectivity index (χ3n) is 2.57. The molecule has 0 saturated carbocycles. The highest BCUT2D eigenvalue weighted by molar-refractivity contribution is 6.05. The molecule has 0 spiro atoms. The lowest BCUT2D eigenvalue weighted by Gasteiger charge is -2.21. The van der Waals surface area contributed by atoms with E-state index >= 15 is 0 Å². The molecular weight excluding hydrogens is 184 g/mol. The Morgan fingerprint density at radius 2 is 2.21 bits per heavy atom. The van der Waals surface area contributed by atoms with Crippen molar-refractivity contribution in [2.45, 2.75) is 32.4 Å². The summed E-state index contributed by atoms with van der Waals surface area (Å²) >= 11 is 0. The zero-order valence-corrected chi connectivity index (χ0v) is 8.41. The van der Waals surface area contributed by atoms with Gasteiger partial charge in [0.1, 0.15) is 0 Å². The third-order valence-corrected chi connectivity index (χ3v) is 2.57. The third kappa shape index (κ3) is 2.52. The average Bonchev–Trinajstić information content (AvgIpc) is 2.44. The summed E-state index contributed by atoms with van der Waals surface area (Å²) in [5.41, 5.74) is 0. The molecule has 3 atom stereocenters. The van der Waals surface area contributed by atoms with E-state index in [2.05, 4.69) is 10.6 Å². The van der Waals surface area contributed by atoms with Crippen molar-refractivity contribution in [3.8, 4) is 0 Å². The van der Waals surface area contributed by atoms with Crippen molar-refractivity contribution in [1.82, 2.24) is 10.6 Å². The van der Waals surface area contributed by atoms with Crippen LogP contribution in [0.25, 0.3) is 0 Å². The van der Waals surface area contributed by atoms with Gasteiger partial charge in [-0.1, -0.05) is 6.92 Å². The van der Waals surface area contributed by atoms with Gasteiger partial charge in [0, 0.05) is 12.6 Å². The van der Waals surface area contributed by atoms with Crippen molar-refractivity contribution < 1.29 is 14.7 Å². The Morgan fingerprint density at radius 3 is 2.64 bits per heavy atom. The maximum atomic E-state index is 11.2. The van der Waals surface area contributed by atoms with Crippen molar-refractivity contribution >= 4 is 11.8 Å². The van der Waals surface area contributed by atoms with Gasteiger partial charge in [-0.05, 0) is 12.8 Å². The number of carbonyl (C=O) groups excluding carboxylic acids is 2. The minimum absolute atomic E-state index is 0.0154. The number of aliphatic hydroxyl groups is 1. The normalized spacial score (nSPS) is 26.1.